The Bertz CT molecular complexity index is 1060. The van der Waals surface area contributed by atoms with Crippen LogP contribution in [0.2, 0.25) is 0 Å². The van der Waals surface area contributed by atoms with Crippen molar-refractivity contribution in [3.8, 4) is 11.5 Å². The number of thioether (sulfide) groups is 1. The molecule has 3 rings (SSSR count). The molecule has 0 aliphatic carbocycles. The van der Waals surface area contributed by atoms with E-state index in [9.17, 15) is 18.0 Å². The van der Waals surface area contributed by atoms with Crippen LogP contribution in [0.3, 0.4) is 0 Å². The number of benzene rings is 1. The number of rotatable bonds is 7. The number of halogens is 3. The first-order chi connectivity index (χ1) is 14.2. The average molecular weight is 440 g/mol. The van der Waals surface area contributed by atoms with E-state index in [1.165, 1.54) is 24.7 Å². The highest BCUT2D eigenvalue weighted by molar-refractivity contribution is 8.00. The molecule has 1 amide bonds. The summed E-state index contributed by atoms with van der Waals surface area (Å²) in [5.74, 6) is 0.828. The monoisotopic (exact) mass is 440 g/mol. The van der Waals surface area contributed by atoms with Gasteiger partial charge in [-0.1, -0.05) is 17.8 Å². The lowest BCUT2D eigenvalue weighted by atomic mass is 10.2. The van der Waals surface area contributed by atoms with Crippen LogP contribution < -0.4 is 14.8 Å². The number of aromatic nitrogens is 3. The molecule has 2 aromatic heterocycles. The second-order valence-electron chi connectivity index (χ2n) is 6.29. The fraction of sp³-hybridized carbons (Fsp3) is 0.316. The fourth-order valence-electron chi connectivity index (χ4n) is 2.65. The lowest BCUT2D eigenvalue weighted by molar-refractivity contribution is -0.137. The molecule has 3 aromatic rings. The molecule has 2 heterocycles. The number of ether oxygens (including phenoxy) is 2. The molecule has 11 heteroatoms. The lowest BCUT2D eigenvalue weighted by Crippen LogP contribution is -2.30. The van der Waals surface area contributed by atoms with Crippen LogP contribution in [0, 0.1) is 0 Å². The molecule has 0 aliphatic rings. The van der Waals surface area contributed by atoms with E-state index in [0.29, 0.717) is 11.5 Å². The molecule has 7 nitrogen and oxygen atoms in total. The van der Waals surface area contributed by atoms with Crippen LogP contribution in [0.4, 0.5) is 13.2 Å². The number of amides is 1. The zero-order valence-corrected chi connectivity index (χ0v) is 17.2. The van der Waals surface area contributed by atoms with Gasteiger partial charge in [0.2, 0.25) is 5.91 Å². The molecule has 0 unspecified atom stereocenters. The van der Waals surface area contributed by atoms with E-state index in [-0.39, 0.29) is 23.3 Å². The fourth-order valence-corrected chi connectivity index (χ4v) is 3.51. The molecular formula is C19H19F3N4O3S. The number of fused-ring (bicyclic) bond motifs is 1. The Hall–Kier alpha value is -2.95. The Morgan fingerprint density at radius 2 is 1.90 bits per heavy atom. The van der Waals surface area contributed by atoms with Gasteiger partial charge in [-0.25, -0.2) is 0 Å². The Labute approximate surface area is 174 Å². The molecule has 1 N–H and O–H groups in total. The molecule has 0 aliphatic heterocycles. The van der Waals surface area contributed by atoms with Gasteiger partial charge in [0, 0.05) is 12.7 Å². The zero-order chi connectivity index (χ0) is 21.9. The first-order valence-electron chi connectivity index (χ1n) is 8.80. The van der Waals surface area contributed by atoms with Gasteiger partial charge in [0.1, 0.15) is 0 Å². The van der Waals surface area contributed by atoms with E-state index in [1.54, 1.807) is 25.1 Å². The minimum absolute atomic E-state index is 0.199. The van der Waals surface area contributed by atoms with E-state index >= 15 is 0 Å². The quantitative estimate of drug-likeness (QED) is 0.566. The molecular weight excluding hydrogens is 421 g/mol. The minimum Gasteiger partial charge on any atom is -0.493 e. The Morgan fingerprint density at radius 1 is 1.17 bits per heavy atom. The second kappa shape index (κ2) is 8.82. The third-order valence-electron chi connectivity index (χ3n) is 4.26. The predicted octanol–water partition coefficient (Wildman–Crippen LogP) is 3.56. The molecule has 0 radical (unpaired) electrons. The van der Waals surface area contributed by atoms with Crippen molar-refractivity contribution in [2.24, 2.45) is 0 Å². The van der Waals surface area contributed by atoms with E-state index in [1.807, 2.05) is 0 Å². The molecule has 160 valence electrons. The summed E-state index contributed by atoms with van der Waals surface area (Å²) in [6.07, 6.45) is -3.56. The maximum absolute atomic E-state index is 13.0. The maximum atomic E-state index is 13.0. The van der Waals surface area contributed by atoms with Crippen molar-refractivity contribution in [3.63, 3.8) is 0 Å². The van der Waals surface area contributed by atoms with Crippen LogP contribution >= 0.6 is 11.8 Å². The van der Waals surface area contributed by atoms with Gasteiger partial charge in [-0.15, -0.1) is 10.2 Å². The highest BCUT2D eigenvalue weighted by atomic mass is 32.2. The van der Waals surface area contributed by atoms with Crippen LogP contribution in [-0.4, -0.2) is 40.0 Å². The number of carbonyl (C=O) groups excluding carboxylic acids is 1. The van der Waals surface area contributed by atoms with Crippen LogP contribution in [0.15, 0.2) is 41.7 Å². The number of carbonyl (C=O) groups is 1. The smallest absolute Gasteiger partial charge is 0.417 e. The van der Waals surface area contributed by atoms with Crippen molar-refractivity contribution < 1.29 is 27.4 Å². The van der Waals surface area contributed by atoms with Gasteiger partial charge < -0.3 is 14.8 Å². The van der Waals surface area contributed by atoms with Gasteiger partial charge in [-0.2, -0.15) is 13.2 Å². The van der Waals surface area contributed by atoms with Crippen LogP contribution in [0.25, 0.3) is 5.65 Å². The third kappa shape index (κ3) is 4.78. The predicted molar refractivity (Wildman–Crippen MR) is 105 cm³/mol. The Kier molecular flexibility index (Phi) is 6.40. The zero-order valence-electron chi connectivity index (χ0n) is 16.4. The molecule has 1 aromatic carbocycles. The third-order valence-corrected chi connectivity index (χ3v) is 5.32. The number of nitrogens with zero attached hydrogens (tertiary/aromatic N) is 3. The van der Waals surface area contributed by atoms with Gasteiger partial charge in [0.15, 0.2) is 22.3 Å². The molecule has 0 bridgehead atoms. The summed E-state index contributed by atoms with van der Waals surface area (Å²) in [4.78, 5) is 12.5. The minimum atomic E-state index is -4.48. The van der Waals surface area contributed by atoms with Crippen LogP contribution in [0.5, 0.6) is 11.5 Å². The molecule has 1 atom stereocenters. The summed E-state index contributed by atoms with van der Waals surface area (Å²) in [5, 5.41) is 10.1. The molecule has 0 spiro atoms. The topological polar surface area (TPSA) is 77.8 Å². The second-order valence-corrected chi connectivity index (χ2v) is 7.60. The standard InChI is InChI=1S/C19H19F3N4O3S/c1-11(17(27)23-9-12-4-6-14(28-2)15(8-12)29-3)30-18-25-24-16-7-5-13(10-26(16)18)19(20,21)22/h4-8,10-11H,9H2,1-3H3,(H,23,27)/t11-/m1/s1. The summed E-state index contributed by atoms with van der Waals surface area (Å²) in [5.41, 5.74) is 0.256. The number of hydrogen-bond donors (Lipinski definition) is 1. The van der Waals surface area contributed by atoms with Gasteiger partial charge in [0.05, 0.1) is 25.0 Å². The Balaban J connectivity index is 1.67. The summed E-state index contributed by atoms with van der Waals surface area (Å²) >= 11 is 1.02. The SMILES string of the molecule is COc1ccc(CNC(=O)[C@@H](C)Sc2nnc3ccc(C(F)(F)F)cn23)cc1OC. The van der Waals surface area contributed by atoms with Crippen molar-refractivity contribution in [1.29, 1.82) is 0 Å². The van der Waals surface area contributed by atoms with Crippen LogP contribution in [-0.2, 0) is 17.5 Å². The molecule has 0 saturated heterocycles. The van der Waals surface area contributed by atoms with E-state index in [0.717, 1.165) is 29.6 Å². The van der Waals surface area contributed by atoms with E-state index in [4.69, 9.17) is 9.47 Å². The van der Waals surface area contributed by atoms with Crippen molar-refractivity contribution in [1.82, 2.24) is 19.9 Å². The maximum Gasteiger partial charge on any atom is 0.417 e. The van der Waals surface area contributed by atoms with Gasteiger partial charge in [-0.3, -0.25) is 9.20 Å². The van der Waals surface area contributed by atoms with E-state index < -0.39 is 17.0 Å². The summed E-state index contributed by atoms with van der Waals surface area (Å²) in [7, 11) is 3.05. The van der Waals surface area contributed by atoms with Crippen molar-refractivity contribution in [2.45, 2.75) is 30.1 Å². The number of pyridine rings is 1. The summed E-state index contributed by atoms with van der Waals surface area (Å²) in [6.45, 7) is 1.90. The van der Waals surface area contributed by atoms with Gasteiger partial charge in [0.25, 0.3) is 0 Å². The van der Waals surface area contributed by atoms with Gasteiger partial charge >= 0.3 is 6.18 Å². The number of alkyl halides is 3. The largest absolute Gasteiger partial charge is 0.493 e. The highest BCUT2D eigenvalue weighted by Gasteiger charge is 2.31. The van der Waals surface area contributed by atoms with Crippen molar-refractivity contribution in [3.05, 3.63) is 47.7 Å². The highest BCUT2D eigenvalue weighted by Crippen LogP contribution is 2.31. The van der Waals surface area contributed by atoms with Crippen molar-refractivity contribution in [2.75, 3.05) is 14.2 Å². The number of methoxy groups -OCH3 is 2. The molecule has 30 heavy (non-hydrogen) atoms. The molecule has 0 saturated carbocycles. The lowest BCUT2D eigenvalue weighted by Gasteiger charge is -2.13. The first kappa shape index (κ1) is 21.8. The van der Waals surface area contributed by atoms with Gasteiger partial charge in [-0.05, 0) is 36.8 Å². The summed E-state index contributed by atoms with van der Waals surface area (Å²) in [6, 6.07) is 7.46. The number of nitrogens with one attached hydrogen (secondary N) is 1. The number of hydrogen-bond acceptors (Lipinski definition) is 6. The van der Waals surface area contributed by atoms with Crippen LogP contribution in [0.1, 0.15) is 18.1 Å². The normalized spacial score (nSPS) is 12.6. The molecule has 0 fully saturated rings. The summed E-state index contributed by atoms with van der Waals surface area (Å²) < 4.78 is 50.5. The Morgan fingerprint density at radius 3 is 2.57 bits per heavy atom. The average Bonchev–Trinajstić information content (AvgIpc) is 3.13. The van der Waals surface area contributed by atoms with E-state index in [2.05, 4.69) is 15.5 Å². The first-order valence-corrected chi connectivity index (χ1v) is 9.68. The van der Waals surface area contributed by atoms with Crippen molar-refractivity contribution >= 4 is 23.3 Å².